The molecule has 2 aromatic heterocycles. The highest BCUT2D eigenvalue weighted by Gasteiger charge is 2.24. The van der Waals surface area contributed by atoms with Gasteiger partial charge >= 0.3 is 0 Å². The fraction of sp³-hybridized carbons (Fsp3) is 0.357. The molecule has 0 radical (unpaired) electrons. The Hall–Kier alpha value is -2.15. The summed E-state index contributed by atoms with van der Waals surface area (Å²) in [5.41, 5.74) is 0.967. The third-order valence-electron chi connectivity index (χ3n) is 3.35. The first-order chi connectivity index (χ1) is 10.2. The van der Waals surface area contributed by atoms with E-state index >= 15 is 0 Å². The van der Waals surface area contributed by atoms with Crippen molar-refractivity contribution in [1.82, 2.24) is 9.88 Å². The summed E-state index contributed by atoms with van der Waals surface area (Å²) in [5, 5.41) is 3.28. The SMILES string of the molecule is CCC(=O)N1CCc2nc(NC(=O)c3ccco3)sc2C1. The number of rotatable bonds is 3. The van der Waals surface area contributed by atoms with Gasteiger partial charge in [-0.3, -0.25) is 14.9 Å². The molecule has 7 heteroatoms. The van der Waals surface area contributed by atoms with E-state index in [1.165, 1.54) is 17.6 Å². The molecule has 0 bridgehead atoms. The van der Waals surface area contributed by atoms with Gasteiger partial charge in [0.15, 0.2) is 10.9 Å². The maximum absolute atomic E-state index is 11.9. The lowest BCUT2D eigenvalue weighted by Crippen LogP contribution is -2.34. The number of furan rings is 1. The van der Waals surface area contributed by atoms with Crippen molar-refractivity contribution in [3.05, 3.63) is 34.7 Å². The second-order valence-corrected chi connectivity index (χ2v) is 5.82. The minimum absolute atomic E-state index is 0.148. The zero-order valence-electron chi connectivity index (χ0n) is 11.6. The van der Waals surface area contributed by atoms with Crippen molar-refractivity contribution < 1.29 is 14.0 Å². The van der Waals surface area contributed by atoms with Gasteiger partial charge in [0.25, 0.3) is 5.91 Å². The fourth-order valence-electron chi connectivity index (χ4n) is 2.25. The van der Waals surface area contributed by atoms with Gasteiger partial charge in [0.2, 0.25) is 5.91 Å². The van der Waals surface area contributed by atoms with Crippen LogP contribution in [-0.2, 0) is 17.8 Å². The first kappa shape index (κ1) is 13.8. The van der Waals surface area contributed by atoms with Crippen LogP contribution in [-0.4, -0.2) is 28.2 Å². The van der Waals surface area contributed by atoms with Crippen LogP contribution in [0.1, 0.15) is 34.5 Å². The van der Waals surface area contributed by atoms with Gasteiger partial charge in [-0.05, 0) is 12.1 Å². The number of hydrogen-bond donors (Lipinski definition) is 1. The molecule has 3 heterocycles. The maximum Gasteiger partial charge on any atom is 0.293 e. The van der Waals surface area contributed by atoms with Crippen LogP contribution >= 0.6 is 11.3 Å². The number of hydrogen-bond acceptors (Lipinski definition) is 5. The Bertz CT molecular complexity index is 663. The number of nitrogens with zero attached hydrogens (tertiary/aromatic N) is 2. The van der Waals surface area contributed by atoms with Crippen LogP contribution in [0.2, 0.25) is 0 Å². The number of aromatic nitrogens is 1. The molecular weight excluding hydrogens is 290 g/mol. The predicted octanol–water partition coefficient (Wildman–Crippen LogP) is 2.28. The van der Waals surface area contributed by atoms with Gasteiger partial charge in [0.05, 0.1) is 18.5 Å². The summed E-state index contributed by atoms with van der Waals surface area (Å²) in [4.78, 5) is 30.9. The Morgan fingerprint density at radius 3 is 3.10 bits per heavy atom. The Kier molecular flexibility index (Phi) is 3.74. The lowest BCUT2D eigenvalue weighted by Gasteiger charge is -2.25. The molecule has 1 N–H and O–H groups in total. The molecule has 0 atom stereocenters. The van der Waals surface area contributed by atoms with Gasteiger partial charge in [0.1, 0.15) is 0 Å². The zero-order chi connectivity index (χ0) is 14.8. The summed E-state index contributed by atoms with van der Waals surface area (Å²) in [6, 6.07) is 3.26. The van der Waals surface area contributed by atoms with Crippen molar-refractivity contribution in [2.24, 2.45) is 0 Å². The molecule has 0 saturated carbocycles. The Morgan fingerprint density at radius 2 is 2.38 bits per heavy atom. The molecule has 110 valence electrons. The average Bonchev–Trinajstić information content (AvgIpc) is 3.14. The molecule has 2 amide bonds. The minimum Gasteiger partial charge on any atom is -0.459 e. The van der Waals surface area contributed by atoms with E-state index in [-0.39, 0.29) is 17.6 Å². The van der Waals surface area contributed by atoms with Gasteiger partial charge in [-0.1, -0.05) is 18.3 Å². The Labute approximate surface area is 125 Å². The van der Waals surface area contributed by atoms with Crippen molar-refractivity contribution in [2.45, 2.75) is 26.3 Å². The van der Waals surface area contributed by atoms with Gasteiger partial charge in [-0.25, -0.2) is 4.98 Å². The summed E-state index contributed by atoms with van der Waals surface area (Å²) in [5.74, 6) is 0.0915. The zero-order valence-corrected chi connectivity index (χ0v) is 12.4. The van der Waals surface area contributed by atoms with Crippen LogP contribution in [0.25, 0.3) is 0 Å². The topological polar surface area (TPSA) is 75.4 Å². The summed E-state index contributed by atoms with van der Waals surface area (Å²) < 4.78 is 5.04. The van der Waals surface area contributed by atoms with Gasteiger partial charge in [-0.2, -0.15) is 0 Å². The summed E-state index contributed by atoms with van der Waals surface area (Å²) in [7, 11) is 0. The molecule has 0 saturated heterocycles. The number of carbonyl (C=O) groups is 2. The predicted molar refractivity (Wildman–Crippen MR) is 78.2 cm³/mol. The van der Waals surface area contributed by atoms with Crippen LogP contribution in [0.3, 0.4) is 0 Å². The molecule has 1 aliphatic heterocycles. The number of carbonyl (C=O) groups excluding carboxylic acids is 2. The third-order valence-corrected chi connectivity index (χ3v) is 4.35. The van der Waals surface area contributed by atoms with E-state index in [0.29, 0.717) is 24.6 Å². The molecule has 0 spiro atoms. The molecule has 6 nitrogen and oxygen atoms in total. The smallest absolute Gasteiger partial charge is 0.293 e. The van der Waals surface area contributed by atoms with Crippen LogP contribution in [0.4, 0.5) is 5.13 Å². The second-order valence-electron chi connectivity index (χ2n) is 4.74. The van der Waals surface area contributed by atoms with Crippen molar-refractivity contribution >= 4 is 28.3 Å². The molecule has 3 rings (SSSR count). The van der Waals surface area contributed by atoms with Gasteiger partial charge in [0, 0.05) is 24.3 Å². The third kappa shape index (κ3) is 2.82. The largest absolute Gasteiger partial charge is 0.459 e. The van der Waals surface area contributed by atoms with Gasteiger partial charge < -0.3 is 9.32 Å². The highest BCUT2D eigenvalue weighted by Crippen LogP contribution is 2.28. The summed E-state index contributed by atoms with van der Waals surface area (Å²) in [6.07, 6.45) is 2.69. The Balaban J connectivity index is 1.72. The van der Waals surface area contributed by atoms with Crippen molar-refractivity contribution in [3.8, 4) is 0 Å². The van der Waals surface area contributed by atoms with Crippen molar-refractivity contribution in [2.75, 3.05) is 11.9 Å². The van der Waals surface area contributed by atoms with E-state index in [1.807, 2.05) is 11.8 Å². The number of thiazole rings is 1. The summed E-state index contributed by atoms with van der Waals surface area (Å²) in [6.45, 7) is 3.13. The van der Waals surface area contributed by atoms with Crippen LogP contribution in [0.5, 0.6) is 0 Å². The quantitative estimate of drug-likeness (QED) is 0.944. The van der Waals surface area contributed by atoms with E-state index in [2.05, 4.69) is 10.3 Å². The molecule has 0 aliphatic carbocycles. The van der Waals surface area contributed by atoms with E-state index in [1.54, 1.807) is 12.1 Å². The highest BCUT2D eigenvalue weighted by molar-refractivity contribution is 7.15. The minimum atomic E-state index is -0.312. The van der Waals surface area contributed by atoms with Crippen LogP contribution in [0, 0.1) is 0 Å². The molecular formula is C14H15N3O3S. The van der Waals surface area contributed by atoms with E-state index in [9.17, 15) is 9.59 Å². The molecule has 0 aromatic carbocycles. The van der Waals surface area contributed by atoms with E-state index in [4.69, 9.17) is 4.42 Å². The number of nitrogens with one attached hydrogen (secondary N) is 1. The highest BCUT2D eigenvalue weighted by atomic mass is 32.1. The second kappa shape index (κ2) is 5.69. The first-order valence-corrected chi connectivity index (χ1v) is 7.60. The van der Waals surface area contributed by atoms with Crippen molar-refractivity contribution in [1.29, 1.82) is 0 Å². The van der Waals surface area contributed by atoms with E-state index < -0.39 is 0 Å². The van der Waals surface area contributed by atoms with Crippen LogP contribution < -0.4 is 5.32 Å². The lowest BCUT2D eigenvalue weighted by atomic mass is 10.1. The lowest BCUT2D eigenvalue weighted by molar-refractivity contribution is -0.131. The molecule has 0 unspecified atom stereocenters. The van der Waals surface area contributed by atoms with Crippen LogP contribution in [0.15, 0.2) is 22.8 Å². The normalized spacial score (nSPS) is 13.9. The maximum atomic E-state index is 11.9. The van der Waals surface area contributed by atoms with E-state index in [0.717, 1.165) is 17.0 Å². The van der Waals surface area contributed by atoms with Crippen molar-refractivity contribution in [3.63, 3.8) is 0 Å². The number of fused-ring (bicyclic) bond motifs is 1. The first-order valence-electron chi connectivity index (χ1n) is 6.78. The number of anilines is 1. The monoisotopic (exact) mass is 305 g/mol. The fourth-order valence-corrected chi connectivity index (χ4v) is 3.27. The van der Waals surface area contributed by atoms with Gasteiger partial charge in [-0.15, -0.1) is 0 Å². The Morgan fingerprint density at radius 1 is 1.52 bits per heavy atom. The molecule has 2 aromatic rings. The average molecular weight is 305 g/mol. The molecule has 0 fully saturated rings. The summed E-state index contributed by atoms with van der Waals surface area (Å²) >= 11 is 1.41. The molecule has 1 aliphatic rings. The molecule has 21 heavy (non-hydrogen) atoms. The number of amides is 2. The standard InChI is InChI=1S/C14H15N3O3S/c1-2-12(18)17-6-5-9-11(8-17)21-14(15-9)16-13(19)10-4-3-7-20-10/h3-4,7H,2,5-6,8H2,1H3,(H,15,16,19).